The summed E-state index contributed by atoms with van der Waals surface area (Å²) in [6.45, 7) is 4.06. The van der Waals surface area contributed by atoms with E-state index in [4.69, 9.17) is 21.1 Å². The Morgan fingerprint density at radius 2 is 1.86 bits per heavy atom. The largest absolute Gasteiger partial charge is 0.477 e. The van der Waals surface area contributed by atoms with Crippen LogP contribution in [0.3, 0.4) is 0 Å². The Bertz CT molecular complexity index is 1310. The summed E-state index contributed by atoms with van der Waals surface area (Å²) < 4.78 is 52.2. The average molecular weight is 506 g/mol. The smallest absolute Gasteiger partial charge is 0.417 e. The van der Waals surface area contributed by atoms with Crippen molar-refractivity contribution in [3.8, 4) is 17.4 Å². The lowest BCUT2D eigenvalue weighted by atomic mass is 10.0. The highest BCUT2D eigenvalue weighted by atomic mass is 35.5. The van der Waals surface area contributed by atoms with Gasteiger partial charge in [-0.15, -0.1) is 0 Å². The lowest BCUT2D eigenvalue weighted by molar-refractivity contribution is -0.137. The summed E-state index contributed by atoms with van der Waals surface area (Å²) in [4.78, 5) is 18.8. The van der Waals surface area contributed by atoms with Gasteiger partial charge in [0.1, 0.15) is 17.3 Å². The van der Waals surface area contributed by atoms with Crippen molar-refractivity contribution in [3.63, 3.8) is 0 Å². The number of rotatable bonds is 6. The van der Waals surface area contributed by atoms with E-state index >= 15 is 0 Å². The predicted molar refractivity (Wildman–Crippen MR) is 126 cm³/mol. The normalized spacial score (nSPS) is 18.9. The third-order valence-electron chi connectivity index (χ3n) is 6.53. The van der Waals surface area contributed by atoms with Crippen LogP contribution in [-0.4, -0.2) is 28.2 Å². The summed E-state index contributed by atoms with van der Waals surface area (Å²) in [7, 11) is 0. The van der Waals surface area contributed by atoms with Gasteiger partial charge in [0, 0.05) is 19.0 Å². The topological polar surface area (TPSA) is 56.6 Å². The number of aromatic nitrogens is 2. The Morgan fingerprint density at radius 3 is 2.60 bits per heavy atom. The number of benzene rings is 2. The summed E-state index contributed by atoms with van der Waals surface area (Å²) in [6, 6.07) is 12.2. The average Bonchev–Trinajstić information content (AvgIpc) is 3.30. The molecule has 3 heterocycles. The van der Waals surface area contributed by atoms with Gasteiger partial charge in [0.05, 0.1) is 29.3 Å². The zero-order valence-corrected chi connectivity index (χ0v) is 19.7. The maximum Gasteiger partial charge on any atom is 0.417 e. The number of hydrogen-bond donors (Lipinski definition) is 0. The van der Waals surface area contributed by atoms with Gasteiger partial charge in [-0.1, -0.05) is 23.7 Å². The van der Waals surface area contributed by atoms with Crippen molar-refractivity contribution in [2.45, 2.75) is 44.4 Å². The molecule has 0 aliphatic carbocycles. The summed E-state index contributed by atoms with van der Waals surface area (Å²) in [5.74, 6) is 1.60. The molecule has 1 saturated heterocycles. The van der Waals surface area contributed by atoms with Gasteiger partial charge < -0.3 is 14.4 Å². The first kappa shape index (κ1) is 23.5. The quantitative estimate of drug-likeness (QED) is 0.430. The number of halogens is 4. The molecule has 1 atom stereocenters. The fourth-order valence-electron chi connectivity index (χ4n) is 4.76. The number of anilines is 1. The van der Waals surface area contributed by atoms with Gasteiger partial charge in [0.15, 0.2) is 0 Å². The monoisotopic (exact) mass is 505 g/mol. The fourth-order valence-corrected chi connectivity index (χ4v) is 4.98. The lowest BCUT2D eigenvalue weighted by Gasteiger charge is -2.27. The Balaban J connectivity index is 1.20. The number of alkyl halides is 3. The number of hydrogen-bond acceptors (Lipinski definition) is 5. The second-order valence-corrected chi connectivity index (χ2v) is 9.46. The number of nitrogens with zero attached hydrogens (tertiary/aromatic N) is 3. The first-order valence-corrected chi connectivity index (χ1v) is 11.7. The molecule has 0 spiro atoms. The van der Waals surface area contributed by atoms with Crippen LogP contribution < -0.4 is 20.1 Å². The maximum atomic E-state index is 13.0. The zero-order chi connectivity index (χ0) is 24.8. The van der Waals surface area contributed by atoms with Crippen molar-refractivity contribution in [1.82, 2.24) is 9.55 Å². The van der Waals surface area contributed by atoms with Crippen LogP contribution in [0.2, 0.25) is 5.02 Å². The third-order valence-corrected chi connectivity index (χ3v) is 6.86. The van der Waals surface area contributed by atoms with Crippen molar-refractivity contribution in [1.29, 1.82) is 0 Å². The molecular formula is C25H23ClF3N3O3. The van der Waals surface area contributed by atoms with E-state index in [-0.39, 0.29) is 22.0 Å². The molecule has 184 valence electrons. The van der Waals surface area contributed by atoms with Crippen LogP contribution in [0, 0.1) is 0 Å². The van der Waals surface area contributed by atoms with Crippen molar-refractivity contribution in [3.05, 3.63) is 75.2 Å². The van der Waals surface area contributed by atoms with Crippen LogP contribution in [0.5, 0.6) is 17.4 Å². The molecule has 0 saturated carbocycles. The molecule has 1 fully saturated rings. The minimum atomic E-state index is -4.56. The van der Waals surface area contributed by atoms with Crippen molar-refractivity contribution in [2.75, 3.05) is 18.1 Å². The van der Waals surface area contributed by atoms with Crippen molar-refractivity contribution in [2.24, 2.45) is 0 Å². The number of ether oxygens (including phenoxy) is 2. The van der Waals surface area contributed by atoms with Gasteiger partial charge >= 0.3 is 11.9 Å². The Morgan fingerprint density at radius 1 is 1.11 bits per heavy atom. The second kappa shape index (κ2) is 8.78. The van der Waals surface area contributed by atoms with E-state index in [1.165, 1.54) is 6.07 Å². The molecule has 10 heteroatoms. The molecule has 0 N–H and O–H groups in total. The number of fused-ring (bicyclic) bond motifs is 3. The first-order chi connectivity index (χ1) is 16.6. The van der Waals surface area contributed by atoms with Gasteiger partial charge in [-0.05, 0) is 55.7 Å². The van der Waals surface area contributed by atoms with E-state index in [2.05, 4.69) is 16.8 Å². The molecule has 2 aromatic carbocycles. The van der Waals surface area contributed by atoms with Crippen molar-refractivity contribution >= 4 is 17.4 Å². The molecule has 0 bridgehead atoms. The zero-order valence-electron chi connectivity index (χ0n) is 18.9. The molecule has 5 rings (SSSR count). The fraction of sp³-hybridized carbons (Fsp3) is 0.360. The van der Waals surface area contributed by atoms with E-state index in [1.807, 2.05) is 6.07 Å². The standard InChI is InChI=1S/C25H23ClF3N3O3/c1-24-10-2-11-32(24)22-14-21(30-23(33)31(22)15-24)34-12-9-16-3-5-17(6-4-16)35-18-7-8-20(26)19(13-18)25(27,28)29/h3-8,13-14H,2,9-12,15H2,1H3. The van der Waals surface area contributed by atoms with Crippen molar-refractivity contribution < 1.29 is 22.6 Å². The molecule has 3 aromatic rings. The lowest BCUT2D eigenvalue weighted by Crippen LogP contribution is -2.38. The summed E-state index contributed by atoms with van der Waals surface area (Å²) in [5, 5.41) is -0.379. The maximum absolute atomic E-state index is 13.0. The van der Waals surface area contributed by atoms with Crippen LogP contribution in [0.1, 0.15) is 30.9 Å². The van der Waals surface area contributed by atoms with Gasteiger partial charge in [-0.2, -0.15) is 18.2 Å². The molecule has 2 aliphatic heterocycles. The highest BCUT2D eigenvalue weighted by Gasteiger charge is 2.44. The van der Waals surface area contributed by atoms with Crippen LogP contribution in [-0.2, 0) is 19.1 Å². The van der Waals surface area contributed by atoms with E-state index in [0.717, 1.165) is 42.9 Å². The van der Waals surface area contributed by atoms with Gasteiger partial charge in [0.2, 0.25) is 5.88 Å². The summed E-state index contributed by atoms with van der Waals surface area (Å²) >= 11 is 5.65. The van der Waals surface area contributed by atoms with Gasteiger partial charge in [0.25, 0.3) is 0 Å². The van der Waals surface area contributed by atoms with E-state index < -0.39 is 11.7 Å². The van der Waals surface area contributed by atoms with E-state index in [0.29, 0.717) is 31.2 Å². The van der Waals surface area contributed by atoms with Crippen LogP contribution in [0.15, 0.2) is 53.3 Å². The molecule has 1 unspecified atom stereocenters. The highest BCUT2D eigenvalue weighted by Crippen LogP contribution is 2.41. The van der Waals surface area contributed by atoms with Crippen LogP contribution in [0.4, 0.5) is 19.0 Å². The van der Waals surface area contributed by atoms with Crippen LogP contribution >= 0.6 is 11.6 Å². The summed E-state index contributed by atoms with van der Waals surface area (Å²) in [5.41, 5.74) is -0.337. The third kappa shape index (κ3) is 4.69. The minimum absolute atomic E-state index is 0.0311. The summed E-state index contributed by atoms with van der Waals surface area (Å²) in [6.07, 6.45) is -1.86. The molecule has 0 radical (unpaired) electrons. The van der Waals surface area contributed by atoms with Gasteiger partial charge in [-0.3, -0.25) is 4.57 Å². The molecule has 0 amide bonds. The highest BCUT2D eigenvalue weighted by molar-refractivity contribution is 6.31. The predicted octanol–water partition coefficient (Wildman–Crippen LogP) is 5.70. The second-order valence-electron chi connectivity index (χ2n) is 9.06. The molecule has 35 heavy (non-hydrogen) atoms. The van der Waals surface area contributed by atoms with Crippen LogP contribution in [0.25, 0.3) is 0 Å². The first-order valence-electron chi connectivity index (χ1n) is 11.3. The molecular weight excluding hydrogens is 483 g/mol. The molecule has 6 nitrogen and oxygen atoms in total. The Hall–Kier alpha value is -3.20. The molecule has 1 aromatic heterocycles. The minimum Gasteiger partial charge on any atom is -0.477 e. The SMILES string of the molecule is CC12CCCN1c1cc(OCCc3ccc(Oc4ccc(Cl)c(C(F)(F)F)c4)cc3)nc(=O)n1C2. The van der Waals surface area contributed by atoms with E-state index in [9.17, 15) is 18.0 Å². The Labute approximate surface area is 204 Å². The van der Waals surface area contributed by atoms with Gasteiger partial charge in [-0.25, -0.2) is 4.79 Å². The Kier molecular flexibility index (Phi) is 5.91. The van der Waals surface area contributed by atoms with E-state index in [1.54, 1.807) is 28.8 Å². The molecule has 2 aliphatic rings.